The Morgan fingerprint density at radius 2 is 1.85 bits per heavy atom. The summed E-state index contributed by atoms with van der Waals surface area (Å²) in [4.78, 5) is 30.9. The Hall–Kier alpha value is -4.39. The number of ketones is 1. The molecule has 2 N–H and O–H groups in total. The molecule has 1 aromatic heterocycles. The molecule has 7 heteroatoms. The molecule has 2 heterocycles. The quantitative estimate of drug-likeness (QED) is 0.242. The summed E-state index contributed by atoms with van der Waals surface area (Å²) < 4.78 is 19.6. The number of nitrogens with zero attached hydrogens (tertiary/aromatic N) is 1. The van der Waals surface area contributed by atoms with Crippen LogP contribution in [-0.2, 0) is 9.59 Å². The summed E-state index contributed by atoms with van der Waals surface area (Å²) in [5.74, 6) is -2.03. The highest BCUT2D eigenvalue weighted by atomic mass is 19.1. The van der Waals surface area contributed by atoms with Gasteiger partial charge in [0.25, 0.3) is 11.7 Å². The second kappa shape index (κ2) is 8.51. The highest BCUT2D eigenvalue weighted by Crippen LogP contribution is 2.44. The molecule has 4 aromatic rings. The number of carbonyl (C=O) groups is 2. The Bertz CT molecular complexity index is 1460. The van der Waals surface area contributed by atoms with Crippen molar-refractivity contribution >= 4 is 34.0 Å². The first-order chi connectivity index (χ1) is 16.5. The van der Waals surface area contributed by atoms with Crippen LogP contribution in [0.15, 0.2) is 84.6 Å². The maximum atomic E-state index is 14.1. The molecule has 1 fully saturated rings. The van der Waals surface area contributed by atoms with Gasteiger partial charge in [0.1, 0.15) is 17.3 Å². The first-order valence-electron chi connectivity index (χ1n) is 10.9. The van der Waals surface area contributed by atoms with E-state index in [4.69, 9.17) is 4.74 Å². The van der Waals surface area contributed by atoms with Gasteiger partial charge >= 0.3 is 0 Å². The summed E-state index contributed by atoms with van der Waals surface area (Å²) in [5.41, 5.74) is 1.91. The number of Topliss-reactive ketones (excluding diaryl/α,β-unsaturated/α-hetero) is 1. The van der Waals surface area contributed by atoms with Gasteiger partial charge in [0.2, 0.25) is 0 Å². The number of anilines is 1. The number of nitrogens with one attached hydrogen (secondary N) is 1. The highest BCUT2D eigenvalue weighted by molar-refractivity contribution is 6.51. The molecule has 0 spiro atoms. The number of hydrogen-bond donors (Lipinski definition) is 2. The Morgan fingerprint density at radius 3 is 2.65 bits per heavy atom. The van der Waals surface area contributed by atoms with Crippen molar-refractivity contribution in [3.05, 3.63) is 102 Å². The second-order valence-electron chi connectivity index (χ2n) is 7.90. The summed E-state index contributed by atoms with van der Waals surface area (Å²) in [6, 6.07) is 18.7. The number of halogens is 1. The van der Waals surface area contributed by atoms with E-state index in [-0.39, 0.29) is 17.0 Å². The van der Waals surface area contributed by atoms with Crippen molar-refractivity contribution in [2.45, 2.75) is 13.0 Å². The number of hydrogen-bond acceptors (Lipinski definition) is 4. The summed E-state index contributed by atoms with van der Waals surface area (Å²) in [6.45, 7) is 2.28. The fourth-order valence-electron chi connectivity index (χ4n) is 4.39. The molecule has 0 saturated carbocycles. The lowest BCUT2D eigenvalue weighted by Crippen LogP contribution is -2.29. The van der Waals surface area contributed by atoms with Crippen molar-refractivity contribution in [1.29, 1.82) is 0 Å². The summed E-state index contributed by atoms with van der Waals surface area (Å²) in [5, 5.41) is 12.1. The second-order valence-corrected chi connectivity index (χ2v) is 7.90. The molecule has 3 aromatic carbocycles. The number of aliphatic hydroxyl groups excluding tert-OH is 1. The van der Waals surface area contributed by atoms with E-state index < -0.39 is 23.5 Å². The topological polar surface area (TPSA) is 82.6 Å². The van der Waals surface area contributed by atoms with Crippen LogP contribution in [0.25, 0.3) is 16.7 Å². The maximum absolute atomic E-state index is 14.1. The van der Waals surface area contributed by atoms with Crippen LogP contribution in [-0.4, -0.2) is 28.4 Å². The Kier molecular flexibility index (Phi) is 5.37. The van der Waals surface area contributed by atoms with Crippen LogP contribution in [0.3, 0.4) is 0 Å². The van der Waals surface area contributed by atoms with Crippen molar-refractivity contribution in [3.8, 4) is 5.75 Å². The van der Waals surface area contributed by atoms with Crippen molar-refractivity contribution in [2.24, 2.45) is 0 Å². The van der Waals surface area contributed by atoms with Crippen LogP contribution in [0, 0.1) is 5.82 Å². The Morgan fingerprint density at radius 1 is 1.06 bits per heavy atom. The molecule has 1 saturated heterocycles. The van der Waals surface area contributed by atoms with Gasteiger partial charge in [-0.1, -0.05) is 36.4 Å². The molecule has 1 amide bonds. The van der Waals surface area contributed by atoms with E-state index in [1.165, 1.54) is 23.1 Å². The number of fused-ring (bicyclic) bond motifs is 1. The number of ether oxygens (including phenoxy) is 1. The molecule has 1 aliphatic rings. The number of amides is 1. The number of aromatic nitrogens is 1. The van der Waals surface area contributed by atoms with Crippen LogP contribution in [0.4, 0.5) is 10.1 Å². The molecule has 1 unspecified atom stereocenters. The van der Waals surface area contributed by atoms with E-state index in [1.54, 1.807) is 36.5 Å². The minimum Gasteiger partial charge on any atom is -0.507 e. The summed E-state index contributed by atoms with van der Waals surface area (Å²) >= 11 is 0. The van der Waals surface area contributed by atoms with Gasteiger partial charge in [0, 0.05) is 33.9 Å². The molecule has 34 heavy (non-hydrogen) atoms. The van der Waals surface area contributed by atoms with Crippen molar-refractivity contribution in [2.75, 3.05) is 11.5 Å². The van der Waals surface area contributed by atoms with Gasteiger partial charge < -0.3 is 14.8 Å². The van der Waals surface area contributed by atoms with Crippen molar-refractivity contribution in [1.82, 2.24) is 4.98 Å². The van der Waals surface area contributed by atoms with E-state index in [1.807, 2.05) is 31.2 Å². The molecular formula is C27H21FN2O4. The lowest BCUT2D eigenvalue weighted by atomic mass is 9.94. The number of H-pyrrole nitrogens is 1. The number of benzene rings is 3. The zero-order chi connectivity index (χ0) is 23.8. The normalized spacial score (nSPS) is 17.5. The molecule has 6 nitrogen and oxygen atoms in total. The average molecular weight is 456 g/mol. The summed E-state index contributed by atoms with van der Waals surface area (Å²) in [6.07, 6.45) is 1.71. The van der Waals surface area contributed by atoms with E-state index in [2.05, 4.69) is 4.98 Å². The Labute approximate surface area is 194 Å². The van der Waals surface area contributed by atoms with Gasteiger partial charge in [-0.15, -0.1) is 0 Å². The van der Waals surface area contributed by atoms with Gasteiger partial charge in [-0.25, -0.2) is 4.39 Å². The largest absolute Gasteiger partial charge is 0.507 e. The molecule has 170 valence electrons. The number of rotatable bonds is 5. The van der Waals surface area contributed by atoms with E-state index in [0.29, 0.717) is 23.5 Å². The third-order valence-corrected chi connectivity index (χ3v) is 5.87. The van der Waals surface area contributed by atoms with E-state index in [0.717, 1.165) is 10.9 Å². The third kappa shape index (κ3) is 3.51. The summed E-state index contributed by atoms with van der Waals surface area (Å²) in [7, 11) is 0. The third-order valence-electron chi connectivity index (χ3n) is 5.87. The smallest absolute Gasteiger partial charge is 0.300 e. The van der Waals surface area contributed by atoms with Crippen molar-refractivity contribution < 1.29 is 23.8 Å². The van der Waals surface area contributed by atoms with Crippen LogP contribution in [0.2, 0.25) is 0 Å². The fourth-order valence-corrected chi connectivity index (χ4v) is 4.39. The molecule has 5 rings (SSSR count). The standard InChI is InChI=1S/C27H21FN2O4/c1-2-34-19-10-5-7-16(13-19)25(31)23-24(21-15-29-22-12-4-3-11-20(21)22)30(27(33)26(23)32)18-9-6-8-17(28)14-18/h3-15,24,29,31H,2H2,1H3/b25-23+. The monoisotopic (exact) mass is 456 g/mol. The molecule has 0 radical (unpaired) electrons. The van der Waals surface area contributed by atoms with Gasteiger partial charge in [-0.2, -0.15) is 0 Å². The van der Waals surface area contributed by atoms with Crippen LogP contribution < -0.4 is 9.64 Å². The number of aliphatic hydroxyl groups is 1. The molecule has 1 aliphatic heterocycles. The molecule has 1 atom stereocenters. The zero-order valence-corrected chi connectivity index (χ0v) is 18.3. The maximum Gasteiger partial charge on any atom is 0.300 e. The number of carbonyl (C=O) groups excluding carboxylic acids is 2. The molecule has 0 bridgehead atoms. The van der Waals surface area contributed by atoms with E-state index in [9.17, 15) is 19.1 Å². The van der Waals surface area contributed by atoms with Crippen LogP contribution >= 0.6 is 0 Å². The van der Waals surface area contributed by atoms with E-state index >= 15 is 0 Å². The minimum absolute atomic E-state index is 0.0762. The number of para-hydroxylation sites is 1. The minimum atomic E-state index is -0.964. The van der Waals surface area contributed by atoms with Gasteiger partial charge in [0.05, 0.1) is 18.2 Å². The lowest BCUT2D eigenvalue weighted by molar-refractivity contribution is -0.132. The number of aromatic amines is 1. The molecular weight excluding hydrogens is 435 g/mol. The Balaban J connectivity index is 1.76. The zero-order valence-electron chi connectivity index (χ0n) is 18.3. The highest BCUT2D eigenvalue weighted by Gasteiger charge is 2.47. The predicted molar refractivity (Wildman–Crippen MR) is 127 cm³/mol. The first-order valence-corrected chi connectivity index (χ1v) is 10.9. The first kappa shape index (κ1) is 21.5. The average Bonchev–Trinajstić information content (AvgIpc) is 3.37. The van der Waals surface area contributed by atoms with Crippen molar-refractivity contribution in [3.63, 3.8) is 0 Å². The predicted octanol–water partition coefficient (Wildman–Crippen LogP) is 5.33. The van der Waals surface area contributed by atoms with Gasteiger partial charge in [-0.3, -0.25) is 14.5 Å². The lowest BCUT2D eigenvalue weighted by Gasteiger charge is -2.25. The van der Waals surface area contributed by atoms with Gasteiger partial charge in [0.15, 0.2) is 0 Å². The fraction of sp³-hybridized carbons (Fsp3) is 0.111. The van der Waals surface area contributed by atoms with Gasteiger partial charge in [-0.05, 0) is 43.3 Å². The SMILES string of the molecule is CCOc1cccc(/C(O)=C2\C(=O)C(=O)N(c3cccc(F)c3)C2c2c[nH]c3ccccc23)c1. The van der Waals surface area contributed by atoms with Crippen LogP contribution in [0.1, 0.15) is 24.1 Å². The molecule has 0 aliphatic carbocycles. The van der Waals surface area contributed by atoms with Crippen LogP contribution in [0.5, 0.6) is 5.75 Å².